The number of halogens is 1. The maximum atomic E-state index is 12.2. The standard InChI is InChI=1S/C20H23BrN2O2/c1-14-6-4-9-18(15(14)2)22-19(24)13-23(3)20(25)11-10-16-7-5-8-17(21)12-16/h4-9,12H,10-11,13H2,1-3H3,(H,22,24). The molecule has 1 N–H and O–H groups in total. The summed E-state index contributed by atoms with van der Waals surface area (Å²) in [6, 6.07) is 13.7. The summed E-state index contributed by atoms with van der Waals surface area (Å²) in [5.74, 6) is -0.233. The number of rotatable bonds is 6. The molecule has 0 aliphatic heterocycles. The topological polar surface area (TPSA) is 49.4 Å². The predicted molar refractivity (Wildman–Crippen MR) is 105 cm³/mol. The van der Waals surface area contributed by atoms with Crippen LogP contribution in [0.1, 0.15) is 23.1 Å². The van der Waals surface area contributed by atoms with E-state index in [0.717, 1.165) is 26.9 Å². The van der Waals surface area contributed by atoms with Crippen LogP contribution in [0.2, 0.25) is 0 Å². The number of hydrogen-bond acceptors (Lipinski definition) is 2. The number of anilines is 1. The van der Waals surface area contributed by atoms with E-state index in [2.05, 4.69) is 21.2 Å². The number of amides is 2. The van der Waals surface area contributed by atoms with Gasteiger partial charge in [-0.2, -0.15) is 0 Å². The fourth-order valence-electron chi connectivity index (χ4n) is 2.51. The molecule has 0 radical (unpaired) electrons. The van der Waals surface area contributed by atoms with Crippen LogP contribution in [0.3, 0.4) is 0 Å². The first-order valence-electron chi connectivity index (χ1n) is 8.21. The Kier molecular flexibility index (Phi) is 6.76. The first-order chi connectivity index (χ1) is 11.9. The third kappa shape index (κ3) is 5.71. The molecule has 2 amide bonds. The molecule has 0 aliphatic rings. The second-order valence-corrected chi connectivity index (χ2v) is 7.09. The zero-order chi connectivity index (χ0) is 18.4. The summed E-state index contributed by atoms with van der Waals surface area (Å²) in [5, 5.41) is 2.88. The minimum Gasteiger partial charge on any atom is -0.336 e. The van der Waals surface area contributed by atoms with Gasteiger partial charge in [-0.05, 0) is 55.2 Å². The monoisotopic (exact) mass is 402 g/mol. The average Bonchev–Trinajstić information content (AvgIpc) is 2.56. The van der Waals surface area contributed by atoms with E-state index in [1.165, 1.54) is 4.90 Å². The third-order valence-corrected chi connectivity index (χ3v) is 4.70. The zero-order valence-electron chi connectivity index (χ0n) is 14.8. The van der Waals surface area contributed by atoms with Crippen molar-refractivity contribution in [1.82, 2.24) is 4.90 Å². The number of hydrogen-bond donors (Lipinski definition) is 1. The van der Waals surface area contributed by atoms with Crippen LogP contribution in [-0.2, 0) is 16.0 Å². The van der Waals surface area contributed by atoms with Crippen LogP contribution < -0.4 is 5.32 Å². The molecule has 0 saturated heterocycles. The Labute approximate surface area is 157 Å². The minimum atomic E-state index is -0.188. The normalized spacial score (nSPS) is 10.4. The Hall–Kier alpha value is -2.14. The van der Waals surface area contributed by atoms with Crippen molar-refractivity contribution in [3.05, 3.63) is 63.6 Å². The highest BCUT2D eigenvalue weighted by atomic mass is 79.9. The summed E-state index contributed by atoms with van der Waals surface area (Å²) in [6.07, 6.45) is 1.03. The number of likely N-dealkylation sites (N-methyl/N-ethyl adjacent to an activating group) is 1. The summed E-state index contributed by atoms with van der Waals surface area (Å²) in [7, 11) is 1.66. The number of nitrogens with one attached hydrogen (secondary N) is 1. The van der Waals surface area contributed by atoms with Crippen LogP contribution in [0.4, 0.5) is 5.69 Å². The van der Waals surface area contributed by atoms with Gasteiger partial charge >= 0.3 is 0 Å². The molecule has 0 aliphatic carbocycles. The Balaban J connectivity index is 1.85. The van der Waals surface area contributed by atoms with Crippen LogP contribution in [0.15, 0.2) is 46.9 Å². The van der Waals surface area contributed by atoms with Crippen LogP contribution in [0.25, 0.3) is 0 Å². The summed E-state index contributed by atoms with van der Waals surface area (Å²) in [4.78, 5) is 25.9. The van der Waals surface area contributed by atoms with Gasteiger partial charge in [0.15, 0.2) is 0 Å². The Morgan fingerprint density at radius 2 is 1.84 bits per heavy atom. The molecule has 132 valence electrons. The van der Waals surface area contributed by atoms with Gasteiger partial charge in [-0.25, -0.2) is 0 Å². The zero-order valence-corrected chi connectivity index (χ0v) is 16.4. The van der Waals surface area contributed by atoms with E-state index < -0.39 is 0 Å². The predicted octanol–water partition coefficient (Wildman–Crippen LogP) is 4.10. The highest BCUT2D eigenvalue weighted by molar-refractivity contribution is 9.10. The second-order valence-electron chi connectivity index (χ2n) is 6.18. The number of benzene rings is 2. The van der Waals surface area contributed by atoms with Crippen LogP contribution in [0, 0.1) is 13.8 Å². The highest BCUT2D eigenvalue weighted by Gasteiger charge is 2.14. The van der Waals surface area contributed by atoms with Gasteiger partial charge in [-0.3, -0.25) is 9.59 Å². The van der Waals surface area contributed by atoms with E-state index >= 15 is 0 Å². The molecule has 0 atom stereocenters. The molecule has 4 nitrogen and oxygen atoms in total. The molecule has 0 spiro atoms. The van der Waals surface area contributed by atoms with Gasteiger partial charge in [0, 0.05) is 23.6 Å². The van der Waals surface area contributed by atoms with Gasteiger partial charge in [-0.1, -0.05) is 40.2 Å². The molecular weight excluding hydrogens is 380 g/mol. The highest BCUT2D eigenvalue weighted by Crippen LogP contribution is 2.18. The fourth-order valence-corrected chi connectivity index (χ4v) is 2.96. The summed E-state index contributed by atoms with van der Waals surface area (Å²) < 4.78 is 0.999. The molecule has 5 heteroatoms. The van der Waals surface area contributed by atoms with Crippen molar-refractivity contribution in [2.24, 2.45) is 0 Å². The lowest BCUT2D eigenvalue weighted by atomic mass is 10.1. The SMILES string of the molecule is Cc1cccc(NC(=O)CN(C)C(=O)CCc2cccc(Br)c2)c1C. The Bertz CT molecular complexity index is 774. The molecule has 0 aromatic heterocycles. The van der Waals surface area contributed by atoms with E-state index in [1.54, 1.807) is 7.05 Å². The Morgan fingerprint density at radius 3 is 2.56 bits per heavy atom. The van der Waals surface area contributed by atoms with E-state index in [1.807, 2.05) is 56.3 Å². The Morgan fingerprint density at radius 1 is 1.12 bits per heavy atom. The van der Waals surface area contributed by atoms with E-state index in [4.69, 9.17) is 0 Å². The molecule has 0 heterocycles. The maximum absolute atomic E-state index is 12.2. The van der Waals surface area contributed by atoms with E-state index in [-0.39, 0.29) is 18.4 Å². The first kappa shape index (κ1) is 19.2. The molecule has 0 saturated carbocycles. The van der Waals surface area contributed by atoms with Crippen molar-refractivity contribution in [2.45, 2.75) is 26.7 Å². The second kappa shape index (κ2) is 8.81. The van der Waals surface area contributed by atoms with Crippen molar-refractivity contribution in [2.75, 3.05) is 18.9 Å². The molecule has 2 aromatic carbocycles. The van der Waals surface area contributed by atoms with Gasteiger partial charge in [0.25, 0.3) is 0 Å². The lowest BCUT2D eigenvalue weighted by Gasteiger charge is -2.18. The molecule has 2 rings (SSSR count). The van der Waals surface area contributed by atoms with Crippen molar-refractivity contribution in [3.63, 3.8) is 0 Å². The fraction of sp³-hybridized carbons (Fsp3) is 0.300. The van der Waals surface area contributed by atoms with Crippen molar-refractivity contribution >= 4 is 33.4 Å². The lowest BCUT2D eigenvalue weighted by molar-refractivity contribution is -0.133. The van der Waals surface area contributed by atoms with Gasteiger partial charge in [0.2, 0.25) is 11.8 Å². The molecule has 2 aromatic rings. The summed E-state index contributed by atoms with van der Waals surface area (Å²) in [6.45, 7) is 4.02. The van der Waals surface area contributed by atoms with Gasteiger partial charge in [0.05, 0.1) is 6.54 Å². The number of carbonyl (C=O) groups excluding carboxylic acids is 2. The van der Waals surface area contributed by atoms with Crippen LogP contribution >= 0.6 is 15.9 Å². The molecule has 0 bridgehead atoms. The summed E-state index contributed by atoms with van der Waals surface area (Å²) >= 11 is 3.42. The van der Waals surface area contributed by atoms with E-state index in [9.17, 15) is 9.59 Å². The number of nitrogens with zero attached hydrogens (tertiary/aromatic N) is 1. The molecular formula is C20H23BrN2O2. The minimum absolute atomic E-state index is 0.0453. The third-order valence-electron chi connectivity index (χ3n) is 4.20. The largest absolute Gasteiger partial charge is 0.336 e. The van der Waals surface area contributed by atoms with Crippen LogP contribution in [0.5, 0.6) is 0 Å². The van der Waals surface area contributed by atoms with Crippen LogP contribution in [-0.4, -0.2) is 30.3 Å². The van der Waals surface area contributed by atoms with Crippen molar-refractivity contribution in [3.8, 4) is 0 Å². The number of carbonyl (C=O) groups is 2. The maximum Gasteiger partial charge on any atom is 0.243 e. The van der Waals surface area contributed by atoms with Crippen molar-refractivity contribution in [1.29, 1.82) is 0 Å². The van der Waals surface area contributed by atoms with Gasteiger partial charge < -0.3 is 10.2 Å². The smallest absolute Gasteiger partial charge is 0.243 e. The molecule has 0 unspecified atom stereocenters. The van der Waals surface area contributed by atoms with E-state index in [0.29, 0.717) is 12.8 Å². The summed E-state index contributed by atoms with van der Waals surface area (Å²) in [5.41, 5.74) is 4.05. The molecule has 0 fully saturated rings. The number of aryl methyl sites for hydroxylation is 2. The van der Waals surface area contributed by atoms with Crippen molar-refractivity contribution < 1.29 is 9.59 Å². The van der Waals surface area contributed by atoms with Gasteiger partial charge in [0.1, 0.15) is 0 Å². The average molecular weight is 403 g/mol. The quantitative estimate of drug-likeness (QED) is 0.790. The molecule has 25 heavy (non-hydrogen) atoms. The van der Waals surface area contributed by atoms with Gasteiger partial charge in [-0.15, -0.1) is 0 Å². The first-order valence-corrected chi connectivity index (χ1v) is 9.00. The lowest BCUT2D eigenvalue weighted by Crippen LogP contribution is -2.35.